The van der Waals surface area contributed by atoms with Gasteiger partial charge >= 0.3 is 0 Å². The van der Waals surface area contributed by atoms with Crippen LogP contribution in [0.5, 0.6) is 11.5 Å². The van der Waals surface area contributed by atoms with E-state index in [2.05, 4.69) is 13.8 Å². The number of hydrogen-bond donors (Lipinski definition) is 1. The van der Waals surface area contributed by atoms with Crippen molar-refractivity contribution in [1.29, 1.82) is 0 Å². The molecule has 0 bridgehead atoms. The van der Waals surface area contributed by atoms with Crippen molar-refractivity contribution in [2.75, 3.05) is 20.2 Å². The van der Waals surface area contributed by atoms with Crippen LogP contribution in [-0.4, -0.2) is 36.1 Å². The molecule has 0 atom stereocenters. The SMILES string of the molecule is CCCCN(CCCC)C(=O)c1ccc(OC)c(O)c1. The Morgan fingerprint density at radius 1 is 1.20 bits per heavy atom. The van der Waals surface area contributed by atoms with Gasteiger partial charge in [-0.3, -0.25) is 4.79 Å². The lowest BCUT2D eigenvalue weighted by Gasteiger charge is -2.22. The highest BCUT2D eigenvalue weighted by Gasteiger charge is 2.16. The Bertz CT molecular complexity index is 424. The molecule has 4 nitrogen and oxygen atoms in total. The third kappa shape index (κ3) is 4.44. The number of nitrogens with zero attached hydrogens (tertiary/aromatic N) is 1. The lowest BCUT2D eigenvalue weighted by molar-refractivity contribution is 0.0750. The van der Waals surface area contributed by atoms with E-state index in [-0.39, 0.29) is 11.7 Å². The average Bonchev–Trinajstić information content (AvgIpc) is 2.46. The van der Waals surface area contributed by atoms with Crippen molar-refractivity contribution >= 4 is 5.91 Å². The van der Waals surface area contributed by atoms with Crippen LogP contribution in [0.15, 0.2) is 18.2 Å². The largest absolute Gasteiger partial charge is 0.504 e. The number of phenols is 1. The number of rotatable bonds is 8. The fourth-order valence-corrected chi connectivity index (χ4v) is 2.02. The van der Waals surface area contributed by atoms with Crippen LogP contribution in [0.4, 0.5) is 0 Å². The Labute approximate surface area is 121 Å². The van der Waals surface area contributed by atoms with Gasteiger partial charge in [-0.2, -0.15) is 0 Å². The summed E-state index contributed by atoms with van der Waals surface area (Å²) in [5.41, 5.74) is 0.510. The van der Waals surface area contributed by atoms with Crippen molar-refractivity contribution < 1.29 is 14.6 Å². The summed E-state index contributed by atoms with van der Waals surface area (Å²) in [6.07, 6.45) is 4.11. The van der Waals surface area contributed by atoms with Crippen molar-refractivity contribution in [1.82, 2.24) is 4.90 Å². The van der Waals surface area contributed by atoms with Gasteiger partial charge in [0.25, 0.3) is 5.91 Å². The minimum Gasteiger partial charge on any atom is -0.504 e. The maximum atomic E-state index is 12.5. The van der Waals surface area contributed by atoms with Crippen molar-refractivity contribution in [2.45, 2.75) is 39.5 Å². The van der Waals surface area contributed by atoms with Crippen LogP contribution in [0.2, 0.25) is 0 Å². The van der Waals surface area contributed by atoms with Gasteiger partial charge in [0.15, 0.2) is 11.5 Å². The van der Waals surface area contributed by atoms with E-state index in [0.29, 0.717) is 11.3 Å². The fourth-order valence-electron chi connectivity index (χ4n) is 2.02. The number of carbonyl (C=O) groups is 1. The quantitative estimate of drug-likeness (QED) is 0.793. The topological polar surface area (TPSA) is 49.8 Å². The first-order chi connectivity index (χ1) is 9.63. The van der Waals surface area contributed by atoms with E-state index >= 15 is 0 Å². The molecule has 1 N–H and O–H groups in total. The van der Waals surface area contributed by atoms with E-state index in [1.807, 2.05) is 4.90 Å². The zero-order chi connectivity index (χ0) is 15.0. The van der Waals surface area contributed by atoms with E-state index < -0.39 is 0 Å². The molecule has 112 valence electrons. The van der Waals surface area contributed by atoms with Gasteiger partial charge in [-0.15, -0.1) is 0 Å². The standard InChI is InChI=1S/C16H25NO3/c1-4-6-10-17(11-7-5-2)16(19)13-8-9-15(20-3)14(18)12-13/h8-9,12,18H,4-7,10-11H2,1-3H3. The maximum Gasteiger partial charge on any atom is 0.253 e. The molecular formula is C16H25NO3. The van der Waals surface area contributed by atoms with E-state index in [1.165, 1.54) is 13.2 Å². The Balaban J connectivity index is 2.84. The lowest BCUT2D eigenvalue weighted by atomic mass is 10.1. The molecule has 0 aliphatic rings. The third-order valence-electron chi connectivity index (χ3n) is 3.28. The summed E-state index contributed by atoms with van der Waals surface area (Å²) < 4.78 is 5.00. The molecule has 0 fully saturated rings. The molecule has 0 aromatic heterocycles. The van der Waals surface area contributed by atoms with Gasteiger partial charge < -0.3 is 14.7 Å². The number of benzene rings is 1. The second-order valence-electron chi connectivity index (χ2n) is 4.89. The normalized spacial score (nSPS) is 10.3. The Morgan fingerprint density at radius 2 is 1.80 bits per heavy atom. The first kappa shape index (κ1) is 16.3. The van der Waals surface area contributed by atoms with E-state index in [4.69, 9.17) is 4.74 Å². The van der Waals surface area contributed by atoms with Gasteiger partial charge in [-0.1, -0.05) is 26.7 Å². The molecule has 0 saturated heterocycles. The zero-order valence-corrected chi connectivity index (χ0v) is 12.7. The Hall–Kier alpha value is -1.71. The number of hydrogen-bond acceptors (Lipinski definition) is 3. The summed E-state index contributed by atoms with van der Waals surface area (Å²) in [5, 5.41) is 9.78. The predicted molar refractivity (Wildman–Crippen MR) is 80.4 cm³/mol. The average molecular weight is 279 g/mol. The Morgan fingerprint density at radius 3 is 2.25 bits per heavy atom. The van der Waals surface area contributed by atoms with Gasteiger partial charge in [0.2, 0.25) is 0 Å². The number of unbranched alkanes of at least 4 members (excludes halogenated alkanes) is 2. The molecule has 0 aliphatic carbocycles. The van der Waals surface area contributed by atoms with Crippen LogP contribution in [0.1, 0.15) is 49.9 Å². The molecule has 0 radical (unpaired) electrons. The van der Waals surface area contributed by atoms with Gasteiger partial charge in [0.1, 0.15) is 0 Å². The molecule has 4 heteroatoms. The summed E-state index contributed by atoms with van der Waals surface area (Å²) in [6.45, 7) is 5.76. The highest BCUT2D eigenvalue weighted by Crippen LogP contribution is 2.26. The van der Waals surface area contributed by atoms with Crippen LogP contribution in [0.3, 0.4) is 0 Å². The molecule has 0 aliphatic heterocycles. The van der Waals surface area contributed by atoms with Gasteiger partial charge in [0.05, 0.1) is 7.11 Å². The Kier molecular flexibility index (Phi) is 6.91. The van der Waals surface area contributed by atoms with Crippen molar-refractivity contribution in [2.24, 2.45) is 0 Å². The molecular weight excluding hydrogens is 254 g/mol. The molecule has 1 rings (SSSR count). The van der Waals surface area contributed by atoms with Gasteiger partial charge in [0, 0.05) is 18.7 Å². The van der Waals surface area contributed by atoms with Crippen LogP contribution in [-0.2, 0) is 0 Å². The predicted octanol–water partition coefficient (Wildman–Crippen LogP) is 3.44. The highest BCUT2D eigenvalue weighted by atomic mass is 16.5. The summed E-state index contributed by atoms with van der Waals surface area (Å²) in [4.78, 5) is 14.4. The number of carbonyl (C=O) groups excluding carboxylic acids is 1. The first-order valence-electron chi connectivity index (χ1n) is 7.30. The van der Waals surface area contributed by atoms with E-state index in [9.17, 15) is 9.90 Å². The first-order valence-corrected chi connectivity index (χ1v) is 7.30. The molecule has 1 amide bonds. The molecule has 0 spiro atoms. The van der Waals surface area contributed by atoms with Crippen molar-refractivity contribution in [3.05, 3.63) is 23.8 Å². The van der Waals surface area contributed by atoms with E-state index in [0.717, 1.165) is 38.8 Å². The van der Waals surface area contributed by atoms with Crippen LogP contribution in [0, 0.1) is 0 Å². The molecule has 20 heavy (non-hydrogen) atoms. The van der Waals surface area contributed by atoms with Gasteiger partial charge in [-0.05, 0) is 31.0 Å². The van der Waals surface area contributed by atoms with Crippen LogP contribution >= 0.6 is 0 Å². The highest BCUT2D eigenvalue weighted by molar-refractivity contribution is 5.94. The van der Waals surface area contributed by atoms with E-state index in [1.54, 1.807) is 12.1 Å². The number of amides is 1. The molecule has 1 aromatic carbocycles. The number of ether oxygens (including phenoxy) is 1. The zero-order valence-electron chi connectivity index (χ0n) is 12.7. The lowest BCUT2D eigenvalue weighted by Crippen LogP contribution is -2.32. The third-order valence-corrected chi connectivity index (χ3v) is 3.28. The smallest absolute Gasteiger partial charge is 0.253 e. The van der Waals surface area contributed by atoms with Crippen LogP contribution < -0.4 is 4.74 Å². The monoisotopic (exact) mass is 279 g/mol. The summed E-state index contributed by atoms with van der Waals surface area (Å²) in [7, 11) is 1.49. The fraction of sp³-hybridized carbons (Fsp3) is 0.562. The molecule has 0 unspecified atom stereocenters. The minimum atomic E-state index is -0.0233. The second kappa shape index (κ2) is 8.46. The van der Waals surface area contributed by atoms with Crippen molar-refractivity contribution in [3.8, 4) is 11.5 Å². The summed E-state index contributed by atoms with van der Waals surface area (Å²) >= 11 is 0. The summed E-state index contributed by atoms with van der Waals surface area (Å²) in [5.74, 6) is 0.365. The van der Waals surface area contributed by atoms with Crippen molar-refractivity contribution in [3.63, 3.8) is 0 Å². The minimum absolute atomic E-state index is 0.00397. The van der Waals surface area contributed by atoms with Crippen LogP contribution in [0.25, 0.3) is 0 Å². The maximum absolute atomic E-state index is 12.5. The second-order valence-corrected chi connectivity index (χ2v) is 4.89. The number of phenolic OH excluding ortho intramolecular Hbond substituents is 1. The molecule has 0 heterocycles. The number of methoxy groups -OCH3 is 1. The molecule has 0 saturated carbocycles. The number of aromatic hydroxyl groups is 1. The summed E-state index contributed by atoms with van der Waals surface area (Å²) in [6, 6.07) is 4.80. The molecule has 1 aromatic rings. The van der Waals surface area contributed by atoms with Gasteiger partial charge in [-0.25, -0.2) is 0 Å².